The molecule has 0 aliphatic carbocycles. The van der Waals surface area contributed by atoms with Crippen LogP contribution in [0.25, 0.3) is 11.3 Å². The van der Waals surface area contributed by atoms with Crippen molar-refractivity contribution < 1.29 is 24.3 Å². The highest BCUT2D eigenvalue weighted by Crippen LogP contribution is 2.40. The van der Waals surface area contributed by atoms with Crippen molar-refractivity contribution >= 4 is 29.1 Å². The van der Waals surface area contributed by atoms with Gasteiger partial charge in [-0.15, -0.1) is 0 Å². The Hall–Kier alpha value is -2.90. The molecule has 0 radical (unpaired) electrons. The maximum Gasteiger partial charge on any atom is 0.229 e. The average molecular weight is 435 g/mol. The predicted molar refractivity (Wildman–Crippen MR) is 106 cm³/mol. The molecule has 1 aliphatic rings. The third kappa shape index (κ3) is 3.97. The van der Waals surface area contributed by atoms with Crippen molar-refractivity contribution in [3.05, 3.63) is 57.7 Å². The van der Waals surface area contributed by atoms with Crippen LogP contribution in [-0.4, -0.2) is 39.3 Å². The monoisotopic (exact) mass is 434 g/mol. The molecule has 150 valence electrons. The third-order valence-electron chi connectivity index (χ3n) is 4.63. The summed E-state index contributed by atoms with van der Waals surface area (Å²) in [5.74, 6) is 0.402. The van der Waals surface area contributed by atoms with Gasteiger partial charge in [0.25, 0.3) is 0 Å². The average Bonchev–Trinajstić information content (AvgIpc) is 3.07. The quantitative estimate of drug-likeness (QED) is 0.629. The number of hydrogen-bond donors (Lipinski definition) is 2. The van der Waals surface area contributed by atoms with Gasteiger partial charge in [0.05, 0.1) is 35.8 Å². The molecule has 0 fully saturated rings. The highest BCUT2D eigenvalue weighted by atomic mass is 35.5. The van der Waals surface area contributed by atoms with Gasteiger partial charge >= 0.3 is 0 Å². The highest BCUT2D eigenvalue weighted by Gasteiger charge is 2.30. The molecular formula is C20H16Cl2N2O5. The summed E-state index contributed by atoms with van der Waals surface area (Å²) in [6.45, 7) is 0.903. The smallest absolute Gasteiger partial charge is 0.229 e. The number of rotatable bonds is 5. The van der Waals surface area contributed by atoms with Crippen LogP contribution >= 0.6 is 23.2 Å². The summed E-state index contributed by atoms with van der Waals surface area (Å²) in [4.78, 5) is 14.1. The molecular weight excluding hydrogens is 419 g/mol. The van der Waals surface area contributed by atoms with Crippen LogP contribution in [0.2, 0.25) is 10.0 Å². The lowest BCUT2D eigenvalue weighted by molar-refractivity contribution is -0.132. The van der Waals surface area contributed by atoms with E-state index in [4.69, 9.17) is 32.5 Å². The number of hydrogen-bond acceptors (Lipinski definition) is 6. The molecule has 2 heterocycles. The normalized spacial score (nSPS) is 13.4. The second-order valence-electron chi connectivity index (χ2n) is 6.56. The Morgan fingerprint density at radius 2 is 2.00 bits per heavy atom. The van der Waals surface area contributed by atoms with Gasteiger partial charge in [0.1, 0.15) is 23.9 Å². The SMILES string of the molecule is O=C1Cc2noc(-c3cc(Cl)c(O)cc3O)c2CN1CCOc1cccc(Cl)c1. The maximum atomic E-state index is 12.4. The van der Waals surface area contributed by atoms with Crippen LogP contribution in [-0.2, 0) is 17.8 Å². The van der Waals surface area contributed by atoms with Crippen molar-refractivity contribution in [1.29, 1.82) is 0 Å². The molecule has 1 aliphatic heterocycles. The van der Waals surface area contributed by atoms with E-state index in [0.29, 0.717) is 39.9 Å². The molecule has 7 nitrogen and oxygen atoms in total. The molecule has 0 atom stereocenters. The number of phenols is 2. The zero-order valence-electron chi connectivity index (χ0n) is 15.1. The highest BCUT2D eigenvalue weighted by molar-refractivity contribution is 6.32. The van der Waals surface area contributed by atoms with E-state index >= 15 is 0 Å². The summed E-state index contributed by atoms with van der Waals surface area (Å²) in [7, 11) is 0. The summed E-state index contributed by atoms with van der Waals surface area (Å²) >= 11 is 11.9. The number of amides is 1. The third-order valence-corrected chi connectivity index (χ3v) is 5.16. The topological polar surface area (TPSA) is 96.0 Å². The number of aromatic nitrogens is 1. The van der Waals surface area contributed by atoms with E-state index in [1.807, 2.05) is 0 Å². The molecule has 2 aromatic carbocycles. The van der Waals surface area contributed by atoms with E-state index in [1.54, 1.807) is 29.2 Å². The van der Waals surface area contributed by atoms with E-state index in [1.165, 1.54) is 6.07 Å². The number of nitrogens with zero attached hydrogens (tertiary/aromatic N) is 2. The second-order valence-corrected chi connectivity index (χ2v) is 7.40. The summed E-state index contributed by atoms with van der Waals surface area (Å²) in [6, 6.07) is 9.56. The molecule has 29 heavy (non-hydrogen) atoms. The Balaban J connectivity index is 1.52. The Kier molecular flexibility index (Phi) is 5.25. The van der Waals surface area contributed by atoms with Gasteiger partial charge in [-0.3, -0.25) is 4.79 Å². The van der Waals surface area contributed by atoms with Crippen molar-refractivity contribution in [2.75, 3.05) is 13.2 Å². The Labute approximate surface area is 176 Å². The van der Waals surface area contributed by atoms with Crippen molar-refractivity contribution in [1.82, 2.24) is 10.1 Å². The fourth-order valence-corrected chi connectivity index (χ4v) is 3.50. The van der Waals surface area contributed by atoms with E-state index in [0.717, 1.165) is 6.07 Å². The van der Waals surface area contributed by atoms with Gasteiger partial charge in [-0.05, 0) is 24.3 Å². The zero-order chi connectivity index (χ0) is 20.5. The van der Waals surface area contributed by atoms with Gasteiger partial charge in [0.2, 0.25) is 5.91 Å². The van der Waals surface area contributed by atoms with Crippen LogP contribution in [0.3, 0.4) is 0 Å². The largest absolute Gasteiger partial charge is 0.507 e. The summed E-state index contributed by atoms with van der Waals surface area (Å²) in [5.41, 5.74) is 1.50. The molecule has 2 N–H and O–H groups in total. The number of ether oxygens (including phenoxy) is 1. The molecule has 1 amide bonds. The van der Waals surface area contributed by atoms with Crippen LogP contribution in [0.1, 0.15) is 11.3 Å². The number of aromatic hydroxyl groups is 2. The van der Waals surface area contributed by atoms with E-state index in [9.17, 15) is 15.0 Å². The molecule has 1 aromatic heterocycles. The molecule has 0 saturated carbocycles. The number of fused-ring (bicyclic) bond motifs is 1. The maximum absolute atomic E-state index is 12.4. The fourth-order valence-electron chi connectivity index (χ4n) is 3.16. The van der Waals surface area contributed by atoms with Crippen LogP contribution in [0.15, 0.2) is 40.9 Å². The van der Waals surface area contributed by atoms with Crippen molar-refractivity contribution in [2.45, 2.75) is 13.0 Å². The molecule has 0 bridgehead atoms. The first-order valence-electron chi connectivity index (χ1n) is 8.78. The Morgan fingerprint density at radius 3 is 2.79 bits per heavy atom. The van der Waals surface area contributed by atoms with Crippen LogP contribution in [0.4, 0.5) is 0 Å². The van der Waals surface area contributed by atoms with Gasteiger partial charge in [-0.2, -0.15) is 0 Å². The summed E-state index contributed by atoms with van der Waals surface area (Å²) < 4.78 is 11.1. The molecule has 0 saturated heterocycles. The van der Waals surface area contributed by atoms with Gasteiger partial charge in [-0.25, -0.2) is 0 Å². The Morgan fingerprint density at radius 1 is 1.17 bits per heavy atom. The summed E-state index contributed by atoms with van der Waals surface area (Å²) in [5, 5.41) is 24.4. The van der Waals surface area contributed by atoms with Crippen LogP contribution in [0.5, 0.6) is 17.2 Å². The minimum atomic E-state index is -0.240. The minimum absolute atomic E-state index is 0.0709. The Bertz CT molecular complexity index is 1080. The van der Waals surface area contributed by atoms with Gasteiger partial charge in [0.15, 0.2) is 5.76 Å². The number of halogens is 2. The number of phenolic OH excluding ortho intramolecular Hbond substituents is 2. The van der Waals surface area contributed by atoms with E-state index < -0.39 is 0 Å². The molecule has 0 unspecified atom stereocenters. The molecule has 9 heteroatoms. The van der Waals surface area contributed by atoms with Crippen LogP contribution in [0, 0.1) is 0 Å². The fraction of sp³-hybridized carbons (Fsp3) is 0.200. The van der Waals surface area contributed by atoms with E-state index in [2.05, 4.69) is 5.16 Å². The van der Waals surface area contributed by atoms with Gasteiger partial charge in [-0.1, -0.05) is 34.4 Å². The molecule has 3 aromatic rings. The number of carbonyl (C=O) groups is 1. The first kappa shape index (κ1) is 19.4. The number of carbonyl (C=O) groups excluding carboxylic acids is 1. The first-order valence-corrected chi connectivity index (χ1v) is 9.53. The molecule has 0 spiro atoms. The molecule has 4 rings (SSSR count). The predicted octanol–water partition coefficient (Wildman–Crippen LogP) is 4.02. The standard InChI is InChI=1S/C20H16Cl2N2O5/c21-11-2-1-3-12(6-11)28-5-4-24-10-14-16(8-19(24)27)23-29-20(14)13-7-15(22)18(26)9-17(13)25/h1-3,6-7,9,25-26H,4-5,8,10H2. The zero-order valence-corrected chi connectivity index (χ0v) is 16.6. The van der Waals surface area contributed by atoms with E-state index in [-0.39, 0.29) is 42.0 Å². The minimum Gasteiger partial charge on any atom is -0.507 e. The van der Waals surface area contributed by atoms with Crippen molar-refractivity contribution in [3.8, 4) is 28.6 Å². The summed E-state index contributed by atoms with van der Waals surface area (Å²) in [6.07, 6.45) is 0.0859. The lowest BCUT2D eigenvalue weighted by Gasteiger charge is -2.26. The number of benzene rings is 2. The van der Waals surface area contributed by atoms with Crippen molar-refractivity contribution in [2.24, 2.45) is 0 Å². The first-order chi connectivity index (χ1) is 13.9. The lowest BCUT2D eigenvalue weighted by atomic mass is 10.0. The second kappa shape index (κ2) is 7.85. The lowest BCUT2D eigenvalue weighted by Crippen LogP contribution is -2.38. The van der Waals surface area contributed by atoms with Gasteiger partial charge in [0, 0.05) is 16.7 Å². The van der Waals surface area contributed by atoms with Gasteiger partial charge < -0.3 is 24.4 Å². The van der Waals surface area contributed by atoms with Crippen molar-refractivity contribution in [3.63, 3.8) is 0 Å². The van der Waals surface area contributed by atoms with Crippen LogP contribution < -0.4 is 4.74 Å².